The van der Waals surface area contributed by atoms with Gasteiger partial charge in [-0.05, 0) is 24.3 Å². The highest BCUT2D eigenvalue weighted by molar-refractivity contribution is 6.31. The standard InChI is InChI=1S/C24H25ClF5N9O2/c25-15-2-4-17(18(11-15)39-9-7-38(8-10-39)6-5-24(28,29)30)33-22(40)16-3-1-14(20(26)21(16)27)12-31-23(41)32-13-19-34-36-37-35-19/h1-4,11H,5-10,12-13H2,(H,33,40)(H2,31,32,41)(H,34,35,36,37). The summed E-state index contributed by atoms with van der Waals surface area (Å²) in [6.07, 6.45) is -5.15. The largest absolute Gasteiger partial charge is 0.390 e. The lowest BCUT2D eigenvalue weighted by molar-refractivity contribution is -0.138. The van der Waals surface area contributed by atoms with Crippen molar-refractivity contribution < 1.29 is 31.5 Å². The van der Waals surface area contributed by atoms with E-state index >= 15 is 0 Å². The first-order chi connectivity index (χ1) is 19.5. The van der Waals surface area contributed by atoms with Crippen molar-refractivity contribution in [2.75, 3.05) is 42.9 Å². The molecule has 220 valence electrons. The van der Waals surface area contributed by atoms with Gasteiger partial charge in [0.15, 0.2) is 17.5 Å². The summed E-state index contributed by atoms with van der Waals surface area (Å²) in [5.41, 5.74) is 0.0110. The van der Waals surface area contributed by atoms with Crippen LogP contribution in [-0.4, -0.2) is 76.4 Å². The summed E-state index contributed by atoms with van der Waals surface area (Å²) >= 11 is 6.15. The number of alkyl halides is 3. The summed E-state index contributed by atoms with van der Waals surface area (Å²) in [5.74, 6) is -3.41. The van der Waals surface area contributed by atoms with E-state index in [0.29, 0.717) is 36.9 Å². The molecular formula is C24H25ClF5N9O2. The van der Waals surface area contributed by atoms with Gasteiger partial charge in [-0.15, -0.1) is 10.2 Å². The maximum absolute atomic E-state index is 14.9. The Bertz CT molecular complexity index is 1370. The van der Waals surface area contributed by atoms with Crippen molar-refractivity contribution in [2.24, 2.45) is 0 Å². The first kappa shape index (κ1) is 29.9. The van der Waals surface area contributed by atoms with E-state index in [1.54, 1.807) is 11.0 Å². The van der Waals surface area contributed by atoms with Gasteiger partial charge in [0.25, 0.3) is 5.91 Å². The molecule has 17 heteroatoms. The normalized spacial score (nSPS) is 14.1. The molecule has 0 spiro atoms. The van der Waals surface area contributed by atoms with Gasteiger partial charge in [-0.25, -0.2) is 13.6 Å². The van der Waals surface area contributed by atoms with Crippen molar-refractivity contribution in [3.8, 4) is 0 Å². The van der Waals surface area contributed by atoms with Gasteiger partial charge < -0.3 is 20.9 Å². The molecular weight excluding hydrogens is 577 g/mol. The Balaban J connectivity index is 1.38. The number of aromatic nitrogens is 4. The zero-order valence-corrected chi connectivity index (χ0v) is 22.1. The fourth-order valence-electron chi connectivity index (χ4n) is 4.12. The van der Waals surface area contributed by atoms with Crippen LogP contribution in [0, 0.1) is 11.6 Å². The van der Waals surface area contributed by atoms with Gasteiger partial charge in [-0.2, -0.15) is 18.4 Å². The molecule has 1 fully saturated rings. The second-order valence-electron chi connectivity index (χ2n) is 9.07. The Morgan fingerprint density at radius 1 is 1.00 bits per heavy atom. The van der Waals surface area contributed by atoms with E-state index in [-0.39, 0.29) is 36.7 Å². The third-order valence-electron chi connectivity index (χ3n) is 6.28. The maximum atomic E-state index is 14.9. The van der Waals surface area contributed by atoms with Gasteiger partial charge in [0, 0.05) is 49.9 Å². The van der Waals surface area contributed by atoms with Crippen molar-refractivity contribution in [2.45, 2.75) is 25.7 Å². The topological polar surface area (TPSA) is 131 Å². The van der Waals surface area contributed by atoms with Crippen LogP contribution in [0.1, 0.15) is 28.2 Å². The van der Waals surface area contributed by atoms with Crippen molar-refractivity contribution >= 4 is 34.9 Å². The molecule has 1 saturated heterocycles. The third-order valence-corrected chi connectivity index (χ3v) is 6.51. The zero-order valence-electron chi connectivity index (χ0n) is 21.4. The average Bonchev–Trinajstić information content (AvgIpc) is 3.46. The van der Waals surface area contributed by atoms with Crippen molar-refractivity contribution in [3.05, 3.63) is 63.9 Å². The molecule has 2 aromatic carbocycles. The number of tetrazole rings is 1. The number of H-pyrrole nitrogens is 1. The highest BCUT2D eigenvalue weighted by atomic mass is 35.5. The fourth-order valence-corrected chi connectivity index (χ4v) is 4.28. The molecule has 3 aromatic rings. The van der Waals surface area contributed by atoms with E-state index in [2.05, 4.69) is 36.6 Å². The lowest BCUT2D eigenvalue weighted by Gasteiger charge is -2.37. The van der Waals surface area contributed by atoms with Crippen LogP contribution in [0.3, 0.4) is 0 Å². The summed E-state index contributed by atoms with van der Waals surface area (Å²) < 4.78 is 67.3. The van der Waals surface area contributed by atoms with E-state index < -0.39 is 41.7 Å². The number of carbonyl (C=O) groups is 2. The summed E-state index contributed by atoms with van der Waals surface area (Å²) in [6, 6.07) is 6.18. The number of benzene rings is 2. The number of hydrogen-bond donors (Lipinski definition) is 4. The van der Waals surface area contributed by atoms with Crippen LogP contribution in [0.2, 0.25) is 5.02 Å². The highest BCUT2D eigenvalue weighted by Gasteiger charge is 2.29. The second-order valence-corrected chi connectivity index (χ2v) is 9.51. The van der Waals surface area contributed by atoms with E-state index in [1.165, 1.54) is 18.2 Å². The Morgan fingerprint density at radius 3 is 2.41 bits per heavy atom. The molecule has 0 bridgehead atoms. The summed E-state index contributed by atoms with van der Waals surface area (Å²) in [7, 11) is 0. The predicted octanol–water partition coefficient (Wildman–Crippen LogP) is 3.46. The van der Waals surface area contributed by atoms with Gasteiger partial charge in [0.05, 0.1) is 29.9 Å². The van der Waals surface area contributed by atoms with E-state index in [0.717, 1.165) is 6.07 Å². The molecule has 4 N–H and O–H groups in total. The predicted molar refractivity (Wildman–Crippen MR) is 138 cm³/mol. The van der Waals surface area contributed by atoms with Crippen molar-refractivity contribution in [3.63, 3.8) is 0 Å². The third kappa shape index (κ3) is 8.23. The van der Waals surface area contributed by atoms with Gasteiger partial charge in [0.1, 0.15) is 0 Å². The number of rotatable bonds is 9. The molecule has 0 saturated carbocycles. The van der Waals surface area contributed by atoms with Crippen LogP contribution in [0.5, 0.6) is 0 Å². The highest BCUT2D eigenvalue weighted by Crippen LogP contribution is 2.31. The van der Waals surface area contributed by atoms with Crippen molar-refractivity contribution in [1.29, 1.82) is 0 Å². The lowest BCUT2D eigenvalue weighted by Crippen LogP contribution is -2.47. The average molecular weight is 602 g/mol. The van der Waals surface area contributed by atoms with E-state index in [1.807, 2.05) is 4.90 Å². The minimum absolute atomic E-state index is 0.0429. The molecule has 0 aliphatic carbocycles. The number of halogens is 6. The molecule has 41 heavy (non-hydrogen) atoms. The minimum Gasteiger partial charge on any atom is -0.367 e. The Morgan fingerprint density at radius 2 is 1.73 bits per heavy atom. The molecule has 1 aromatic heterocycles. The van der Waals surface area contributed by atoms with Gasteiger partial charge >= 0.3 is 12.2 Å². The molecule has 4 rings (SSSR count). The molecule has 1 aliphatic rings. The Hall–Kier alpha value is -4.05. The molecule has 2 heterocycles. The molecule has 0 unspecified atom stereocenters. The minimum atomic E-state index is -4.24. The first-order valence-electron chi connectivity index (χ1n) is 12.4. The molecule has 0 radical (unpaired) electrons. The number of urea groups is 1. The van der Waals surface area contributed by atoms with Crippen LogP contribution >= 0.6 is 11.6 Å². The van der Waals surface area contributed by atoms with Crippen LogP contribution < -0.4 is 20.9 Å². The maximum Gasteiger partial charge on any atom is 0.390 e. The van der Waals surface area contributed by atoms with Gasteiger partial charge in [-0.1, -0.05) is 22.9 Å². The Labute approximate surface area is 235 Å². The van der Waals surface area contributed by atoms with E-state index in [4.69, 9.17) is 11.6 Å². The van der Waals surface area contributed by atoms with E-state index in [9.17, 15) is 31.5 Å². The number of aromatic amines is 1. The quantitative estimate of drug-likeness (QED) is 0.276. The molecule has 3 amide bonds. The van der Waals surface area contributed by atoms with Crippen LogP contribution in [0.15, 0.2) is 30.3 Å². The number of nitrogens with zero attached hydrogens (tertiary/aromatic N) is 5. The Kier molecular flexibility index (Phi) is 9.54. The number of amides is 3. The smallest absolute Gasteiger partial charge is 0.367 e. The number of anilines is 2. The number of piperazine rings is 1. The SMILES string of the molecule is O=C(NCc1nn[nH]n1)NCc1ccc(C(=O)Nc2ccc(Cl)cc2N2CCN(CCC(F)(F)F)CC2)c(F)c1F. The first-order valence-corrected chi connectivity index (χ1v) is 12.7. The lowest BCUT2D eigenvalue weighted by atomic mass is 10.1. The summed E-state index contributed by atoms with van der Waals surface area (Å²) in [5, 5.41) is 20.6. The van der Waals surface area contributed by atoms with Crippen LogP contribution in [0.4, 0.5) is 38.1 Å². The van der Waals surface area contributed by atoms with Crippen LogP contribution in [-0.2, 0) is 13.1 Å². The number of carbonyl (C=O) groups excluding carboxylic acids is 2. The zero-order chi connectivity index (χ0) is 29.6. The number of hydrogen-bond acceptors (Lipinski definition) is 7. The monoisotopic (exact) mass is 601 g/mol. The second kappa shape index (κ2) is 13.1. The van der Waals surface area contributed by atoms with Crippen LogP contribution in [0.25, 0.3) is 0 Å². The van der Waals surface area contributed by atoms with Crippen molar-refractivity contribution in [1.82, 2.24) is 36.2 Å². The summed E-state index contributed by atoms with van der Waals surface area (Å²) in [6.45, 7) is 0.944. The number of nitrogens with one attached hydrogen (secondary N) is 4. The molecule has 1 aliphatic heterocycles. The fraction of sp³-hybridized carbons (Fsp3) is 0.375. The molecule has 11 nitrogen and oxygen atoms in total. The van der Waals surface area contributed by atoms with Gasteiger partial charge in [-0.3, -0.25) is 9.69 Å². The summed E-state index contributed by atoms with van der Waals surface area (Å²) in [4.78, 5) is 28.4. The van der Waals surface area contributed by atoms with Gasteiger partial charge in [0.2, 0.25) is 0 Å². The molecule has 0 atom stereocenters.